The molecule has 28 heavy (non-hydrogen) atoms. The number of carbonyl (C=O) groups excluding carboxylic acids is 2. The van der Waals surface area contributed by atoms with E-state index in [9.17, 15) is 9.59 Å². The van der Waals surface area contributed by atoms with Crippen molar-refractivity contribution in [1.82, 2.24) is 14.8 Å². The van der Waals surface area contributed by atoms with Crippen molar-refractivity contribution in [2.45, 2.75) is 64.6 Å². The summed E-state index contributed by atoms with van der Waals surface area (Å²) in [6.07, 6.45) is 2.82. The summed E-state index contributed by atoms with van der Waals surface area (Å²) in [5.41, 5.74) is -0.877. The van der Waals surface area contributed by atoms with E-state index in [1.165, 1.54) is 11.3 Å². The van der Waals surface area contributed by atoms with Gasteiger partial charge in [0, 0.05) is 25.6 Å². The van der Waals surface area contributed by atoms with E-state index < -0.39 is 5.60 Å². The maximum Gasteiger partial charge on any atom is 0.410 e. The van der Waals surface area contributed by atoms with Gasteiger partial charge in [-0.05, 0) is 33.6 Å². The molecule has 2 saturated heterocycles. The summed E-state index contributed by atoms with van der Waals surface area (Å²) < 4.78 is 11.6. The Morgan fingerprint density at radius 2 is 1.89 bits per heavy atom. The minimum Gasteiger partial charge on any atom is -0.444 e. The molecule has 0 unspecified atom stereocenters. The number of rotatable bonds is 2. The molecule has 0 atom stereocenters. The number of morpholine rings is 1. The lowest BCUT2D eigenvalue weighted by atomic mass is 9.89. The molecule has 3 rings (SSSR count). The monoisotopic (exact) mass is 409 g/mol. The van der Waals surface area contributed by atoms with Crippen molar-refractivity contribution in [2.75, 3.05) is 32.8 Å². The van der Waals surface area contributed by atoms with Gasteiger partial charge in [0.15, 0.2) is 0 Å². The Labute approximate surface area is 171 Å². The smallest absolute Gasteiger partial charge is 0.410 e. The molecule has 1 aromatic rings. The van der Waals surface area contributed by atoms with E-state index in [1.54, 1.807) is 11.1 Å². The van der Waals surface area contributed by atoms with Crippen LogP contribution < -0.4 is 0 Å². The SMILES string of the molecule is CC(C)c1ncc(C(=O)N2CCOC3(CCN(C(=O)OC(C)(C)C)CC3)C2)s1. The third-order valence-corrected chi connectivity index (χ3v) is 6.38. The maximum atomic E-state index is 12.9. The first kappa shape index (κ1) is 21.0. The highest BCUT2D eigenvalue weighted by Crippen LogP contribution is 2.32. The summed E-state index contributed by atoms with van der Waals surface area (Å²) in [7, 11) is 0. The van der Waals surface area contributed by atoms with Crippen LogP contribution in [0.2, 0.25) is 0 Å². The molecular formula is C20H31N3O4S. The maximum absolute atomic E-state index is 12.9. The summed E-state index contributed by atoms with van der Waals surface area (Å²) in [5, 5.41) is 0.983. The first-order valence-electron chi connectivity index (χ1n) is 9.95. The number of aromatic nitrogens is 1. The Morgan fingerprint density at radius 3 is 2.46 bits per heavy atom. The molecule has 156 valence electrons. The Kier molecular flexibility index (Phi) is 6.00. The fourth-order valence-electron chi connectivity index (χ4n) is 3.55. The molecule has 0 bridgehead atoms. The van der Waals surface area contributed by atoms with E-state index in [1.807, 2.05) is 25.7 Å². The number of carbonyl (C=O) groups is 2. The van der Waals surface area contributed by atoms with Crippen LogP contribution in [-0.2, 0) is 9.47 Å². The number of likely N-dealkylation sites (tertiary alicyclic amines) is 1. The molecule has 8 heteroatoms. The first-order valence-corrected chi connectivity index (χ1v) is 10.8. The molecule has 0 radical (unpaired) electrons. The van der Waals surface area contributed by atoms with Crippen molar-refractivity contribution < 1.29 is 19.1 Å². The Bertz CT molecular complexity index is 717. The van der Waals surface area contributed by atoms with Gasteiger partial charge in [0.25, 0.3) is 5.91 Å². The molecule has 1 spiro atoms. The van der Waals surface area contributed by atoms with Crippen molar-refractivity contribution in [3.05, 3.63) is 16.1 Å². The molecule has 0 aromatic carbocycles. The second-order valence-corrected chi connectivity index (χ2v) is 10.0. The van der Waals surface area contributed by atoms with Crippen LogP contribution in [0.5, 0.6) is 0 Å². The van der Waals surface area contributed by atoms with Crippen LogP contribution in [0.15, 0.2) is 6.20 Å². The van der Waals surface area contributed by atoms with Crippen molar-refractivity contribution in [3.8, 4) is 0 Å². The van der Waals surface area contributed by atoms with Gasteiger partial charge in [0.1, 0.15) is 10.5 Å². The van der Waals surface area contributed by atoms with E-state index >= 15 is 0 Å². The predicted molar refractivity (Wildman–Crippen MR) is 108 cm³/mol. The number of amides is 2. The molecule has 7 nitrogen and oxygen atoms in total. The molecule has 2 aliphatic heterocycles. The minimum absolute atomic E-state index is 0.0293. The van der Waals surface area contributed by atoms with Crippen LogP contribution >= 0.6 is 11.3 Å². The molecule has 0 N–H and O–H groups in total. The summed E-state index contributed by atoms with van der Waals surface area (Å²) in [6.45, 7) is 12.6. The predicted octanol–water partition coefficient (Wildman–Crippen LogP) is 3.51. The first-order chi connectivity index (χ1) is 13.1. The van der Waals surface area contributed by atoms with E-state index in [4.69, 9.17) is 9.47 Å². The van der Waals surface area contributed by atoms with Crippen molar-refractivity contribution >= 4 is 23.3 Å². The van der Waals surface area contributed by atoms with Gasteiger partial charge in [-0.2, -0.15) is 0 Å². The number of piperidine rings is 1. The lowest BCUT2D eigenvalue weighted by Crippen LogP contribution is -2.58. The second-order valence-electron chi connectivity index (χ2n) is 8.94. The summed E-state index contributed by atoms with van der Waals surface area (Å²) in [6, 6.07) is 0. The number of nitrogens with zero attached hydrogens (tertiary/aromatic N) is 3. The van der Waals surface area contributed by atoms with Crippen LogP contribution in [0, 0.1) is 0 Å². The van der Waals surface area contributed by atoms with Crippen molar-refractivity contribution in [1.29, 1.82) is 0 Å². The summed E-state index contributed by atoms with van der Waals surface area (Å²) in [5.74, 6) is 0.349. The van der Waals surface area contributed by atoms with Gasteiger partial charge in [-0.3, -0.25) is 4.79 Å². The highest BCUT2D eigenvalue weighted by Gasteiger charge is 2.42. The molecule has 0 saturated carbocycles. The lowest BCUT2D eigenvalue weighted by molar-refractivity contribution is -0.126. The number of ether oxygens (including phenoxy) is 2. The number of hydrogen-bond donors (Lipinski definition) is 0. The minimum atomic E-state index is -0.500. The molecular weight excluding hydrogens is 378 g/mol. The van der Waals surface area contributed by atoms with Gasteiger partial charge in [-0.15, -0.1) is 11.3 Å². The van der Waals surface area contributed by atoms with E-state index in [0.29, 0.717) is 56.4 Å². The van der Waals surface area contributed by atoms with Gasteiger partial charge >= 0.3 is 6.09 Å². The molecule has 2 amide bonds. The largest absolute Gasteiger partial charge is 0.444 e. The average molecular weight is 410 g/mol. The molecule has 0 aliphatic carbocycles. The van der Waals surface area contributed by atoms with Gasteiger partial charge in [-0.25, -0.2) is 9.78 Å². The van der Waals surface area contributed by atoms with Crippen LogP contribution in [0.4, 0.5) is 4.79 Å². The fourth-order valence-corrected chi connectivity index (χ4v) is 4.44. The summed E-state index contributed by atoms with van der Waals surface area (Å²) in [4.78, 5) is 33.9. The van der Waals surface area contributed by atoms with Crippen molar-refractivity contribution in [2.24, 2.45) is 0 Å². The van der Waals surface area contributed by atoms with E-state index in [2.05, 4.69) is 18.8 Å². The zero-order valence-corrected chi connectivity index (χ0v) is 18.3. The van der Waals surface area contributed by atoms with E-state index in [-0.39, 0.29) is 17.6 Å². The van der Waals surface area contributed by atoms with Gasteiger partial charge in [0.05, 0.1) is 30.0 Å². The number of thiazole rings is 1. The molecule has 2 aliphatic rings. The van der Waals surface area contributed by atoms with Crippen LogP contribution in [0.25, 0.3) is 0 Å². The van der Waals surface area contributed by atoms with Gasteiger partial charge in [0.2, 0.25) is 0 Å². The Balaban J connectivity index is 1.60. The van der Waals surface area contributed by atoms with Crippen LogP contribution in [-0.4, -0.2) is 70.8 Å². The topological polar surface area (TPSA) is 72.0 Å². The Hall–Kier alpha value is -1.67. The average Bonchev–Trinajstić information content (AvgIpc) is 3.10. The third kappa shape index (κ3) is 4.84. The zero-order valence-electron chi connectivity index (χ0n) is 17.5. The normalized spacial score (nSPS) is 19.9. The fraction of sp³-hybridized carbons (Fsp3) is 0.750. The highest BCUT2D eigenvalue weighted by atomic mass is 32.1. The second kappa shape index (κ2) is 7.99. The summed E-state index contributed by atoms with van der Waals surface area (Å²) >= 11 is 1.47. The highest BCUT2D eigenvalue weighted by molar-refractivity contribution is 7.13. The quantitative estimate of drug-likeness (QED) is 0.747. The van der Waals surface area contributed by atoms with Crippen LogP contribution in [0.3, 0.4) is 0 Å². The molecule has 3 heterocycles. The number of hydrogen-bond acceptors (Lipinski definition) is 6. The standard InChI is InChI=1S/C20H31N3O4S/c1-14(2)16-21-12-15(28-16)17(24)23-10-11-26-20(13-23)6-8-22(9-7-20)18(25)27-19(3,4)5/h12,14H,6-11,13H2,1-5H3. The van der Waals surface area contributed by atoms with Gasteiger partial charge < -0.3 is 19.3 Å². The Morgan fingerprint density at radius 1 is 1.21 bits per heavy atom. The lowest BCUT2D eigenvalue weighted by Gasteiger charge is -2.47. The van der Waals surface area contributed by atoms with Crippen molar-refractivity contribution in [3.63, 3.8) is 0 Å². The molecule has 1 aromatic heterocycles. The van der Waals surface area contributed by atoms with Gasteiger partial charge in [-0.1, -0.05) is 13.8 Å². The molecule has 2 fully saturated rings. The van der Waals surface area contributed by atoms with E-state index in [0.717, 1.165) is 5.01 Å². The van der Waals surface area contributed by atoms with Crippen LogP contribution in [0.1, 0.15) is 68.1 Å². The third-order valence-electron chi connectivity index (χ3n) is 5.09. The zero-order chi connectivity index (χ0) is 20.5.